The lowest BCUT2D eigenvalue weighted by Gasteiger charge is -2.63. The minimum atomic E-state index is -2.07. The molecular weight excluding hydrogens is 567 g/mol. The Bertz CT molecular complexity index is 1400. The fourth-order valence-electron chi connectivity index (χ4n) is 5.59. The summed E-state index contributed by atoms with van der Waals surface area (Å²) in [6, 6.07) is 8.35. The van der Waals surface area contributed by atoms with Crippen LogP contribution in [0.5, 0.6) is 0 Å². The largest absolute Gasteiger partial charge is 0.400 e. The summed E-state index contributed by atoms with van der Waals surface area (Å²) in [4.78, 5) is 4.64. The summed E-state index contributed by atoms with van der Waals surface area (Å²) >= 11 is 10.7. The van der Waals surface area contributed by atoms with Crippen LogP contribution < -0.4 is 5.32 Å². The number of nitrogens with zero attached hydrogens (tertiary/aromatic N) is 4. The van der Waals surface area contributed by atoms with E-state index in [1.807, 2.05) is 36.8 Å². The Kier molecular flexibility index (Phi) is 9.68. The molecule has 41 heavy (non-hydrogen) atoms. The van der Waals surface area contributed by atoms with Crippen molar-refractivity contribution >= 4 is 77.1 Å². The van der Waals surface area contributed by atoms with Gasteiger partial charge in [-0.2, -0.15) is 17.7 Å². The minimum Gasteiger partial charge on any atom is -0.400 e. The van der Waals surface area contributed by atoms with Crippen LogP contribution in [0.25, 0.3) is 21.9 Å². The summed E-state index contributed by atoms with van der Waals surface area (Å²) in [5.41, 5.74) is 1.13. The molecule has 7 nitrogen and oxygen atoms in total. The van der Waals surface area contributed by atoms with E-state index < -0.39 is 20.5 Å². The predicted molar refractivity (Wildman–Crippen MR) is 180 cm³/mol. The van der Waals surface area contributed by atoms with Crippen LogP contribution in [0, 0.1) is 5.92 Å². The van der Waals surface area contributed by atoms with Crippen molar-refractivity contribution in [1.29, 1.82) is 0 Å². The number of piperidine rings is 1. The molecule has 1 saturated heterocycles. The molecule has 6 radical (unpaired) electrons. The molecule has 4 rings (SSSR count). The first-order valence-corrected chi connectivity index (χ1v) is 15.7. The zero-order valence-corrected chi connectivity index (χ0v) is 26.6. The number of hydrogen-bond acceptors (Lipinski definition) is 9. The van der Waals surface area contributed by atoms with E-state index in [2.05, 4.69) is 57.7 Å². The summed E-state index contributed by atoms with van der Waals surface area (Å²) in [5.74, 6) is 0.947. The summed E-state index contributed by atoms with van der Waals surface area (Å²) in [5, 5.41) is 32.1. The number of thioether (sulfide) groups is 1. The zero-order valence-electron chi connectivity index (χ0n) is 23.9. The van der Waals surface area contributed by atoms with Gasteiger partial charge in [0.25, 0.3) is 0 Å². The minimum absolute atomic E-state index is 0.100. The Morgan fingerprint density at radius 2 is 1.80 bits per heavy atom. The molecule has 0 aliphatic carbocycles. The van der Waals surface area contributed by atoms with Gasteiger partial charge < -0.3 is 15.5 Å². The van der Waals surface area contributed by atoms with Crippen LogP contribution in [-0.4, -0.2) is 88.0 Å². The van der Waals surface area contributed by atoms with Gasteiger partial charge in [-0.3, -0.25) is 9.58 Å². The number of likely N-dealkylation sites (tertiary alicyclic amines) is 1. The van der Waals surface area contributed by atoms with Gasteiger partial charge in [-0.05, 0) is 74.0 Å². The summed E-state index contributed by atoms with van der Waals surface area (Å²) in [7, 11) is 21.3. The SMILES string of the molecule is [B]C(C)(O)C([B])(C(O)(S)CC)C([B])(S)N1CCC(/C(=C\SC)Nc2cc3cc(-c4cnn(C)c4)ccc3cn2)CC1. The van der Waals surface area contributed by atoms with Crippen LogP contribution in [0.15, 0.2) is 54.0 Å². The fourth-order valence-corrected chi connectivity index (χ4v) is 7.20. The van der Waals surface area contributed by atoms with E-state index in [0.29, 0.717) is 13.1 Å². The first kappa shape index (κ1) is 32.4. The molecule has 1 aliphatic heterocycles. The molecule has 4 atom stereocenters. The van der Waals surface area contributed by atoms with Gasteiger partial charge in [0.05, 0.1) is 14.0 Å². The maximum Gasteiger partial charge on any atom is 0.130 e. The van der Waals surface area contributed by atoms with Crippen LogP contribution in [-0.2, 0) is 7.05 Å². The van der Waals surface area contributed by atoms with Crippen LogP contribution in [0.2, 0.25) is 5.31 Å². The van der Waals surface area contributed by atoms with E-state index >= 15 is 0 Å². The van der Waals surface area contributed by atoms with Crippen LogP contribution in [0.1, 0.15) is 33.1 Å². The quantitative estimate of drug-likeness (QED) is 0.136. The molecule has 212 valence electrons. The average Bonchev–Trinajstić information content (AvgIpc) is 3.37. The van der Waals surface area contributed by atoms with Gasteiger partial charge in [0, 0.05) is 57.6 Å². The molecule has 1 aliphatic rings. The maximum absolute atomic E-state index is 11.1. The van der Waals surface area contributed by atoms with Crippen LogP contribution in [0.4, 0.5) is 5.82 Å². The number of thiol groups is 2. The van der Waals surface area contributed by atoms with Crippen molar-refractivity contribution in [2.75, 3.05) is 24.7 Å². The van der Waals surface area contributed by atoms with Gasteiger partial charge in [0.2, 0.25) is 0 Å². The monoisotopic (exact) mass is 603 g/mol. The van der Waals surface area contributed by atoms with Crippen molar-refractivity contribution < 1.29 is 10.2 Å². The van der Waals surface area contributed by atoms with Gasteiger partial charge >= 0.3 is 0 Å². The highest BCUT2D eigenvalue weighted by atomic mass is 32.2. The van der Waals surface area contributed by atoms with Crippen molar-refractivity contribution in [3.63, 3.8) is 0 Å². The highest BCUT2D eigenvalue weighted by molar-refractivity contribution is 8.01. The zero-order chi connectivity index (χ0) is 30.2. The van der Waals surface area contributed by atoms with Gasteiger partial charge in [-0.1, -0.05) is 19.1 Å². The molecule has 0 spiro atoms. The number of aliphatic hydroxyl groups is 2. The summed E-state index contributed by atoms with van der Waals surface area (Å²) < 4.78 is 0.131. The molecule has 3 N–H and O–H groups in total. The topological polar surface area (TPSA) is 86.4 Å². The Labute approximate surface area is 262 Å². The Morgan fingerprint density at radius 1 is 1.12 bits per heavy atom. The summed E-state index contributed by atoms with van der Waals surface area (Å²) in [6.45, 7) is 4.04. The molecule has 0 amide bonds. The second-order valence-corrected chi connectivity index (χ2v) is 13.2. The second kappa shape index (κ2) is 12.2. The number of fused-ring (bicyclic) bond motifs is 1. The lowest BCUT2D eigenvalue weighted by Crippen LogP contribution is -2.69. The number of nitrogens with one attached hydrogen (secondary N) is 1. The van der Waals surface area contributed by atoms with Crippen molar-refractivity contribution in [2.45, 2.75) is 53.6 Å². The van der Waals surface area contributed by atoms with E-state index in [-0.39, 0.29) is 12.3 Å². The number of hydrogen-bond donors (Lipinski definition) is 5. The standard InChI is InChI=1S/C28H36B3N5O2S3/c1-5-26(38,39)27(30,25(2,29)37)28(31,40)36-10-8-18(9-11-36)23(17-41-4)34-24-13-21-12-19(6-7-20(21)14-32-24)22-15-33-35(3)16-22/h6-7,12-18,37-40H,5,8-11H2,1-4H3,(H,32,34)/b23-17+. The van der Waals surface area contributed by atoms with Gasteiger partial charge in [0.15, 0.2) is 0 Å². The first-order chi connectivity index (χ1) is 19.1. The van der Waals surface area contributed by atoms with Gasteiger partial charge in [-0.15, -0.1) is 24.4 Å². The predicted octanol–water partition coefficient (Wildman–Crippen LogP) is 3.95. The summed E-state index contributed by atoms with van der Waals surface area (Å²) in [6.07, 6.45) is 9.32. The van der Waals surface area contributed by atoms with Crippen molar-refractivity contribution in [3.05, 3.63) is 54.0 Å². The molecule has 1 fully saturated rings. The van der Waals surface area contributed by atoms with Crippen molar-refractivity contribution in [1.82, 2.24) is 19.7 Å². The van der Waals surface area contributed by atoms with Crippen molar-refractivity contribution in [3.8, 4) is 11.1 Å². The number of aromatic nitrogens is 3. The van der Waals surface area contributed by atoms with E-state index in [1.54, 1.807) is 23.4 Å². The second-order valence-electron chi connectivity index (χ2n) is 11.1. The number of aryl methyl sites for hydroxylation is 1. The lowest BCUT2D eigenvalue weighted by molar-refractivity contribution is -0.0497. The van der Waals surface area contributed by atoms with E-state index in [4.69, 9.17) is 36.2 Å². The third-order valence-corrected chi connectivity index (χ3v) is 9.99. The third-order valence-electron chi connectivity index (χ3n) is 8.20. The number of allylic oxidation sites excluding steroid dienone is 1. The molecule has 1 aromatic carbocycles. The fraction of sp³-hybridized carbons (Fsp3) is 0.500. The molecular formula is C28H36B3N5O2S3. The van der Waals surface area contributed by atoms with E-state index in [1.165, 1.54) is 6.92 Å². The Morgan fingerprint density at radius 3 is 2.37 bits per heavy atom. The number of benzene rings is 1. The molecule has 0 saturated carbocycles. The van der Waals surface area contributed by atoms with Crippen molar-refractivity contribution in [2.24, 2.45) is 13.0 Å². The van der Waals surface area contributed by atoms with Gasteiger partial charge in [-0.25, -0.2) is 4.98 Å². The van der Waals surface area contributed by atoms with E-state index in [0.717, 1.165) is 46.3 Å². The number of pyridine rings is 1. The number of anilines is 1. The molecule has 3 heterocycles. The highest BCUT2D eigenvalue weighted by Crippen LogP contribution is 2.58. The lowest BCUT2D eigenvalue weighted by atomic mass is 9.41. The Balaban J connectivity index is 1.52. The Hall–Kier alpha value is -1.50. The smallest absolute Gasteiger partial charge is 0.130 e. The first-order valence-electron chi connectivity index (χ1n) is 13.5. The highest BCUT2D eigenvalue weighted by Gasteiger charge is 2.61. The van der Waals surface area contributed by atoms with Crippen LogP contribution in [0.3, 0.4) is 0 Å². The molecule has 2 aromatic heterocycles. The van der Waals surface area contributed by atoms with E-state index in [9.17, 15) is 10.2 Å². The molecule has 0 bridgehead atoms. The molecule has 13 heteroatoms. The number of rotatable bonds is 10. The normalized spacial score (nSPS) is 21.5. The average molecular weight is 603 g/mol. The van der Waals surface area contributed by atoms with Gasteiger partial charge in [0.1, 0.15) is 26.4 Å². The third kappa shape index (κ3) is 6.26. The molecule has 4 unspecified atom stereocenters. The molecule has 3 aromatic rings. The van der Waals surface area contributed by atoms with Crippen LogP contribution >= 0.6 is 37.0 Å². The maximum atomic E-state index is 11.1.